The van der Waals surface area contributed by atoms with Crippen molar-refractivity contribution < 1.29 is 18.6 Å². The van der Waals surface area contributed by atoms with E-state index in [-0.39, 0.29) is 30.8 Å². The monoisotopic (exact) mass is 237 g/mol. The number of aliphatic hydroxyl groups excluding tert-OH is 2. The lowest BCUT2D eigenvalue weighted by atomic mass is 10.0. The van der Waals surface area contributed by atoms with E-state index in [9.17, 15) is 8.42 Å². The van der Waals surface area contributed by atoms with Crippen LogP contribution in [0, 0.1) is 0 Å². The minimum absolute atomic E-state index is 0.0674. The molecule has 0 aromatic heterocycles. The Kier molecular flexibility index (Phi) is 4.11. The Balaban J connectivity index is 2.48. The topological polar surface area (TPSA) is 86.6 Å². The molecular formula is C9H19NO4S. The first-order valence-corrected chi connectivity index (χ1v) is 6.93. The lowest BCUT2D eigenvalue weighted by Gasteiger charge is -2.33. The van der Waals surface area contributed by atoms with E-state index >= 15 is 0 Å². The summed E-state index contributed by atoms with van der Waals surface area (Å²) in [6.07, 6.45) is 1.11. The molecule has 1 rings (SSSR count). The fourth-order valence-electron chi connectivity index (χ4n) is 1.67. The maximum absolute atomic E-state index is 11.2. The number of hydrogen-bond acceptors (Lipinski definition) is 5. The van der Waals surface area contributed by atoms with E-state index in [0.717, 1.165) is 0 Å². The van der Waals surface area contributed by atoms with Crippen molar-refractivity contribution in [1.82, 2.24) is 5.32 Å². The van der Waals surface area contributed by atoms with Crippen LogP contribution in [0.25, 0.3) is 0 Å². The average molecular weight is 237 g/mol. The van der Waals surface area contributed by atoms with Crippen LogP contribution >= 0.6 is 0 Å². The van der Waals surface area contributed by atoms with Gasteiger partial charge in [-0.3, -0.25) is 0 Å². The van der Waals surface area contributed by atoms with Gasteiger partial charge in [-0.15, -0.1) is 0 Å². The third kappa shape index (κ3) is 3.71. The molecule has 1 saturated heterocycles. The Morgan fingerprint density at radius 1 is 1.27 bits per heavy atom. The molecule has 0 amide bonds. The largest absolute Gasteiger partial charge is 0.394 e. The molecule has 5 nitrogen and oxygen atoms in total. The average Bonchev–Trinajstić information content (AvgIpc) is 2.21. The van der Waals surface area contributed by atoms with Crippen molar-refractivity contribution in [1.29, 1.82) is 0 Å². The van der Waals surface area contributed by atoms with Crippen LogP contribution in [0.5, 0.6) is 0 Å². The van der Waals surface area contributed by atoms with Crippen molar-refractivity contribution in [2.45, 2.75) is 31.3 Å². The van der Waals surface area contributed by atoms with Crippen molar-refractivity contribution in [3.63, 3.8) is 0 Å². The first-order valence-electron chi connectivity index (χ1n) is 5.11. The summed E-state index contributed by atoms with van der Waals surface area (Å²) in [6, 6.07) is 0.0674. The van der Waals surface area contributed by atoms with Gasteiger partial charge in [0, 0.05) is 6.04 Å². The SMILES string of the molecule is CC(CO)(CO)NC1CCS(=O)(=O)CC1. The van der Waals surface area contributed by atoms with Crippen LogP contribution in [0.1, 0.15) is 19.8 Å². The van der Waals surface area contributed by atoms with Crippen LogP contribution in [0.15, 0.2) is 0 Å². The summed E-state index contributed by atoms with van der Waals surface area (Å²) in [5.41, 5.74) is -0.716. The van der Waals surface area contributed by atoms with Gasteiger partial charge in [-0.25, -0.2) is 8.42 Å². The summed E-state index contributed by atoms with van der Waals surface area (Å²) >= 11 is 0. The highest BCUT2D eigenvalue weighted by molar-refractivity contribution is 7.91. The Bertz CT molecular complexity index is 283. The molecule has 90 valence electrons. The summed E-state index contributed by atoms with van der Waals surface area (Å²) in [4.78, 5) is 0. The molecule has 6 heteroatoms. The Morgan fingerprint density at radius 3 is 2.13 bits per heavy atom. The van der Waals surface area contributed by atoms with Gasteiger partial charge in [0.15, 0.2) is 0 Å². The van der Waals surface area contributed by atoms with Gasteiger partial charge >= 0.3 is 0 Å². The highest BCUT2D eigenvalue weighted by atomic mass is 32.2. The number of nitrogens with one attached hydrogen (secondary N) is 1. The minimum atomic E-state index is -2.85. The van der Waals surface area contributed by atoms with Gasteiger partial charge in [-0.1, -0.05) is 0 Å². The highest BCUT2D eigenvalue weighted by Gasteiger charge is 2.30. The van der Waals surface area contributed by atoms with E-state index < -0.39 is 15.4 Å². The van der Waals surface area contributed by atoms with E-state index in [0.29, 0.717) is 12.8 Å². The van der Waals surface area contributed by atoms with Crippen LogP contribution in [-0.2, 0) is 9.84 Å². The molecule has 0 spiro atoms. The molecule has 0 unspecified atom stereocenters. The second-order valence-electron chi connectivity index (χ2n) is 4.45. The van der Waals surface area contributed by atoms with Crippen LogP contribution in [0.4, 0.5) is 0 Å². The van der Waals surface area contributed by atoms with E-state index in [1.165, 1.54) is 0 Å². The Labute approximate surface area is 90.4 Å². The summed E-state index contributed by atoms with van der Waals surface area (Å²) < 4.78 is 22.3. The third-order valence-electron chi connectivity index (χ3n) is 2.81. The zero-order valence-corrected chi connectivity index (χ0v) is 9.76. The molecule has 0 atom stereocenters. The Morgan fingerprint density at radius 2 is 1.73 bits per heavy atom. The van der Waals surface area contributed by atoms with Crippen molar-refractivity contribution in [2.75, 3.05) is 24.7 Å². The van der Waals surface area contributed by atoms with Gasteiger partial charge in [0.2, 0.25) is 0 Å². The Hall–Kier alpha value is -0.170. The van der Waals surface area contributed by atoms with Crippen LogP contribution < -0.4 is 5.32 Å². The summed E-state index contributed by atoms with van der Waals surface area (Å²) in [6.45, 7) is 1.40. The van der Waals surface area contributed by atoms with Gasteiger partial charge in [-0.05, 0) is 19.8 Å². The molecule has 3 N–H and O–H groups in total. The van der Waals surface area contributed by atoms with Crippen molar-refractivity contribution >= 4 is 9.84 Å². The lowest BCUT2D eigenvalue weighted by molar-refractivity contribution is 0.0924. The molecule has 1 aliphatic heterocycles. The molecular weight excluding hydrogens is 218 g/mol. The first-order chi connectivity index (χ1) is 6.91. The quantitative estimate of drug-likeness (QED) is 0.577. The van der Waals surface area contributed by atoms with Crippen LogP contribution in [0.3, 0.4) is 0 Å². The molecule has 0 aliphatic carbocycles. The summed E-state index contributed by atoms with van der Waals surface area (Å²) in [7, 11) is -2.85. The predicted octanol–water partition coefficient (Wildman–Crippen LogP) is -1.10. The fourth-order valence-corrected chi connectivity index (χ4v) is 3.16. The standard InChI is InChI=1S/C9H19NO4S/c1-9(6-11,7-12)10-8-2-4-15(13,14)5-3-8/h8,10-12H,2-7H2,1H3. The van der Waals surface area contributed by atoms with E-state index in [1.807, 2.05) is 0 Å². The van der Waals surface area contributed by atoms with Crippen LogP contribution in [0.2, 0.25) is 0 Å². The van der Waals surface area contributed by atoms with E-state index in [1.54, 1.807) is 6.92 Å². The zero-order chi connectivity index (χ0) is 11.5. The molecule has 0 saturated carbocycles. The summed E-state index contributed by atoms with van der Waals surface area (Å²) in [5, 5.41) is 21.3. The lowest BCUT2D eigenvalue weighted by Crippen LogP contribution is -2.55. The number of rotatable bonds is 4. The maximum atomic E-state index is 11.2. The van der Waals surface area contributed by atoms with E-state index in [2.05, 4.69) is 5.32 Å². The maximum Gasteiger partial charge on any atom is 0.150 e. The smallest absolute Gasteiger partial charge is 0.150 e. The fraction of sp³-hybridized carbons (Fsp3) is 1.00. The number of sulfone groups is 1. The van der Waals surface area contributed by atoms with Crippen molar-refractivity contribution in [3.8, 4) is 0 Å². The second-order valence-corrected chi connectivity index (χ2v) is 6.75. The van der Waals surface area contributed by atoms with Gasteiger partial charge in [0.05, 0.1) is 30.3 Å². The highest BCUT2D eigenvalue weighted by Crippen LogP contribution is 2.15. The van der Waals surface area contributed by atoms with Gasteiger partial charge < -0.3 is 15.5 Å². The molecule has 0 aromatic carbocycles. The first kappa shape index (κ1) is 12.9. The second kappa shape index (κ2) is 4.78. The zero-order valence-electron chi connectivity index (χ0n) is 8.94. The molecule has 0 radical (unpaired) electrons. The summed E-state index contributed by atoms with van der Waals surface area (Å²) in [5.74, 6) is 0.384. The molecule has 1 heterocycles. The molecule has 15 heavy (non-hydrogen) atoms. The molecule has 0 aromatic rings. The normalized spacial score (nSPS) is 22.9. The number of hydrogen-bond donors (Lipinski definition) is 3. The van der Waals surface area contributed by atoms with Gasteiger partial charge in [-0.2, -0.15) is 0 Å². The minimum Gasteiger partial charge on any atom is -0.394 e. The molecule has 1 fully saturated rings. The molecule has 1 aliphatic rings. The van der Waals surface area contributed by atoms with Crippen molar-refractivity contribution in [3.05, 3.63) is 0 Å². The number of aliphatic hydroxyl groups is 2. The van der Waals surface area contributed by atoms with Gasteiger partial charge in [0.1, 0.15) is 9.84 Å². The van der Waals surface area contributed by atoms with Crippen molar-refractivity contribution in [2.24, 2.45) is 0 Å². The predicted molar refractivity (Wildman–Crippen MR) is 57.4 cm³/mol. The van der Waals surface area contributed by atoms with E-state index in [4.69, 9.17) is 10.2 Å². The third-order valence-corrected chi connectivity index (χ3v) is 4.52. The molecule has 0 bridgehead atoms. The van der Waals surface area contributed by atoms with Crippen LogP contribution in [-0.4, -0.2) is 54.9 Å². The van der Waals surface area contributed by atoms with Gasteiger partial charge in [0.25, 0.3) is 0 Å².